The molecule has 0 aromatic heterocycles. The lowest BCUT2D eigenvalue weighted by molar-refractivity contribution is 0.840. The summed E-state index contributed by atoms with van der Waals surface area (Å²) in [5.41, 5.74) is 8.72. The average molecular weight is 147 g/mol. The van der Waals surface area contributed by atoms with Gasteiger partial charge in [0.1, 0.15) is 0 Å². The summed E-state index contributed by atoms with van der Waals surface area (Å²) in [5, 5.41) is 0. The second kappa shape index (κ2) is 2.05. The summed E-state index contributed by atoms with van der Waals surface area (Å²) in [5.74, 6) is 0. The van der Waals surface area contributed by atoms with Crippen LogP contribution in [0, 0.1) is 0 Å². The Morgan fingerprint density at radius 3 is 3.00 bits per heavy atom. The summed E-state index contributed by atoms with van der Waals surface area (Å²) >= 11 is 0. The number of nitrogens with two attached hydrogens (primary N) is 1. The van der Waals surface area contributed by atoms with E-state index in [-0.39, 0.29) is 6.17 Å². The summed E-state index contributed by atoms with van der Waals surface area (Å²) in [4.78, 5) is 8.33. The Labute approximate surface area is 65.0 Å². The molecule has 0 saturated carbocycles. The molecule has 1 atom stereocenters. The van der Waals surface area contributed by atoms with E-state index in [1.165, 1.54) is 0 Å². The second-order valence-electron chi connectivity index (χ2n) is 2.67. The number of hydrogen-bond donors (Lipinski definition) is 1. The molecule has 0 radical (unpaired) electrons. The molecule has 0 unspecified atom stereocenters. The van der Waals surface area contributed by atoms with Gasteiger partial charge in [0.15, 0.2) is 6.17 Å². The van der Waals surface area contributed by atoms with Gasteiger partial charge >= 0.3 is 0 Å². The Morgan fingerprint density at radius 1 is 1.45 bits per heavy atom. The number of allylic oxidation sites excluding steroid dienone is 2. The normalized spacial score (nSPS) is 27.4. The number of hydrogen-bond acceptors (Lipinski definition) is 3. The minimum atomic E-state index is -0.0556. The zero-order valence-electron chi connectivity index (χ0n) is 6.28. The van der Waals surface area contributed by atoms with Crippen molar-refractivity contribution in [1.29, 1.82) is 0 Å². The van der Waals surface area contributed by atoms with Crippen LogP contribution in [-0.2, 0) is 0 Å². The first-order valence-electron chi connectivity index (χ1n) is 3.52. The predicted molar refractivity (Wildman–Crippen MR) is 45.7 cm³/mol. The zero-order valence-corrected chi connectivity index (χ0v) is 6.28. The van der Waals surface area contributed by atoms with Crippen LogP contribution in [0.25, 0.3) is 0 Å². The smallest absolute Gasteiger partial charge is 0.167 e. The lowest BCUT2D eigenvalue weighted by Crippen LogP contribution is -2.15. The highest BCUT2D eigenvalue weighted by Gasteiger charge is 2.21. The molecule has 0 aromatic carbocycles. The van der Waals surface area contributed by atoms with Crippen molar-refractivity contribution in [3.8, 4) is 0 Å². The van der Waals surface area contributed by atoms with E-state index in [2.05, 4.69) is 9.98 Å². The lowest BCUT2D eigenvalue weighted by Gasteiger charge is -2.12. The van der Waals surface area contributed by atoms with Gasteiger partial charge in [-0.15, -0.1) is 0 Å². The fourth-order valence-corrected chi connectivity index (χ4v) is 1.31. The van der Waals surface area contributed by atoms with E-state index in [0.29, 0.717) is 0 Å². The third-order valence-corrected chi connectivity index (χ3v) is 1.88. The maximum absolute atomic E-state index is 5.74. The van der Waals surface area contributed by atoms with Crippen molar-refractivity contribution in [3.63, 3.8) is 0 Å². The SMILES string of the molecule is CC1=C2C(N)=CC=N[C@H]2N=C1. The topological polar surface area (TPSA) is 50.7 Å². The van der Waals surface area contributed by atoms with Gasteiger partial charge in [0.05, 0.1) is 0 Å². The van der Waals surface area contributed by atoms with E-state index in [4.69, 9.17) is 5.73 Å². The van der Waals surface area contributed by atoms with Gasteiger partial charge in [0.25, 0.3) is 0 Å². The summed E-state index contributed by atoms with van der Waals surface area (Å²) < 4.78 is 0. The number of nitrogens with zero attached hydrogens (tertiary/aromatic N) is 2. The van der Waals surface area contributed by atoms with Crippen LogP contribution in [0.5, 0.6) is 0 Å². The Morgan fingerprint density at radius 2 is 2.27 bits per heavy atom. The van der Waals surface area contributed by atoms with Gasteiger partial charge in [0.2, 0.25) is 0 Å². The minimum Gasteiger partial charge on any atom is -0.398 e. The third kappa shape index (κ3) is 0.808. The van der Waals surface area contributed by atoms with Crippen molar-refractivity contribution >= 4 is 12.4 Å². The van der Waals surface area contributed by atoms with Crippen molar-refractivity contribution in [2.45, 2.75) is 13.1 Å². The monoisotopic (exact) mass is 147 g/mol. The van der Waals surface area contributed by atoms with E-state index in [9.17, 15) is 0 Å². The number of dihydropyridines is 1. The highest BCUT2D eigenvalue weighted by molar-refractivity contribution is 5.87. The van der Waals surface area contributed by atoms with Crippen molar-refractivity contribution < 1.29 is 0 Å². The van der Waals surface area contributed by atoms with Crippen LogP contribution in [0.2, 0.25) is 0 Å². The third-order valence-electron chi connectivity index (χ3n) is 1.88. The Kier molecular flexibility index (Phi) is 1.18. The van der Waals surface area contributed by atoms with Gasteiger partial charge in [-0.25, -0.2) is 0 Å². The van der Waals surface area contributed by atoms with Gasteiger partial charge in [-0.05, 0) is 18.6 Å². The van der Waals surface area contributed by atoms with Crippen LogP contribution in [0.4, 0.5) is 0 Å². The Hall–Kier alpha value is -1.38. The first-order valence-corrected chi connectivity index (χ1v) is 3.52. The quantitative estimate of drug-likeness (QED) is 0.537. The lowest BCUT2D eigenvalue weighted by atomic mass is 10.1. The van der Waals surface area contributed by atoms with Crippen LogP contribution < -0.4 is 5.73 Å². The van der Waals surface area contributed by atoms with E-state index < -0.39 is 0 Å². The van der Waals surface area contributed by atoms with Gasteiger partial charge in [-0.1, -0.05) is 0 Å². The van der Waals surface area contributed by atoms with Gasteiger partial charge < -0.3 is 5.73 Å². The molecule has 2 rings (SSSR count). The van der Waals surface area contributed by atoms with E-state index in [0.717, 1.165) is 16.8 Å². The Bertz CT molecular complexity index is 307. The van der Waals surface area contributed by atoms with Crippen LogP contribution in [0.3, 0.4) is 0 Å². The van der Waals surface area contributed by atoms with Crippen molar-refractivity contribution in [2.75, 3.05) is 0 Å². The zero-order chi connectivity index (χ0) is 7.84. The molecule has 3 heteroatoms. The molecule has 0 bridgehead atoms. The molecule has 0 fully saturated rings. The van der Waals surface area contributed by atoms with Crippen LogP contribution >= 0.6 is 0 Å². The summed E-state index contributed by atoms with van der Waals surface area (Å²) in [6.45, 7) is 2.00. The van der Waals surface area contributed by atoms with Crippen LogP contribution in [0.1, 0.15) is 6.92 Å². The summed E-state index contributed by atoms with van der Waals surface area (Å²) in [7, 11) is 0. The van der Waals surface area contributed by atoms with E-state index in [1.54, 1.807) is 6.21 Å². The molecule has 0 spiro atoms. The molecule has 0 saturated heterocycles. The molecule has 0 aliphatic carbocycles. The van der Waals surface area contributed by atoms with Crippen LogP contribution in [0.15, 0.2) is 32.9 Å². The van der Waals surface area contributed by atoms with E-state index in [1.807, 2.05) is 19.2 Å². The number of fused-ring (bicyclic) bond motifs is 1. The molecule has 3 nitrogen and oxygen atoms in total. The molecule has 0 amide bonds. The standard InChI is InChI=1S/C8H9N3/c1-5-4-11-8-7(5)6(9)2-3-10-8/h2-4,8H,9H2,1H3/t8-/m0/s1. The number of aliphatic imine (C=N–C) groups is 2. The molecular weight excluding hydrogens is 138 g/mol. The van der Waals surface area contributed by atoms with E-state index >= 15 is 0 Å². The minimum absolute atomic E-state index is 0.0556. The number of rotatable bonds is 0. The highest BCUT2D eigenvalue weighted by Crippen LogP contribution is 2.24. The van der Waals surface area contributed by atoms with Gasteiger partial charge in [-0.3, -0.25) is 9.98 Å². The molecule has 56 valence electrons. The molecule has 2 N–H and O–H groups in total. The van der Waals surface area contributed by atoms with Crippen molar-refractivity contribution in [1.82, 2.24) is 0 Å². The summed E-state index contributed by atoms with van der Waals surface area (Å²) in [6.07, 6.45) is 5.28. The van der Waals surface area contributed by atoms with Crippen LogP contribution in [-0.4, -0.2) is 18.6 Å². The average Bonchev–Trinajstić information content (AvgIpc) is 2.34. The van der Waals surface area contributed by atoms with Gasteiger partial charge in [-0.2, -0.15) is 0 Å². The maximum Gasteiger partial charge on any atom is 0.167 e. The van der Waals surface area contributed by atoms with Crippen molar-refractivity contribution in [3.05, 3.63) is 22.9 Å². The Balaban J connectivity index is 2.51. The molecule has 2 aliphatic heterocycles. The predicted octanol–water partition coefficient (Wildman–Crippen LogP) is 0.640. The second-order valence-corrected chi connectivity index (χ2v) is 2.67. The summed E-state index contributed by atoms with van der Waals surface area (Å²) in [6, 6.07) is 0. The highest BCUT2D eigenvalue weighted by atomic mass is 15.0. The first kappa shape index (κ1) is 6.34. The fourth-order valence-electron chi connectivity index (χ4n) is 1.31. The molecule has 0 aromatic rings. The molecule has 11 heavy (non-hydrogen) atoms. The molecule has 2 aliphatic rings. The van der Waals surface area contributed by atoms with Crippen molar-refractivity contribution in [2.24, 2.45) is 15.7 Å². The first-order chi connectivity index (χ1) is 5.29. The maximum atomic E-state index is 5.74. The fraction of sp³-hybridized carbons (Fsp3) is 0.250. The largest absolute Gasteiger partial charge is 0.398 e. The molecular formula is C8H9N3. The van der Waals surface area contributed by atoms with Gasteiger partial charge in [0, 0.05) is 23.7 Å². The molecule has 2 heterocycles.